The molecule has 0 radical (unpaired) electrons. The molecule has 0 bridgehead atoms. The molecule has 6 rings (SSSR count). The number of Topliss-reactive ketones (excluding diaryl/α,β-unsaturated/α-hetero) is 1. The first-order valence-electron chi connectivity index (χ1n) is 13.8. The lowest BCUT2D eigenvalue weighted by molar-refractivity contribution is -0.274. The van der Waals surface area contributed by atoms with Gasteiger partial charge in [0, 0.05) is 12.0 Å². The number of benzene rings is 1. The van der Waals surface area contributed by atoms with Crippen molar-refractivity contribution in [1.29, 1.82) is 0 Å². The van der Waals surface area contributed by atoms with E-state index in [9.17, 15) is 23.1 Å². The molecule has 4 aliphatic rings. The predicted octanol–water partition coefficient (Wildman–Crippen LogP) is 5.92. The summed E-state index contributed by atoms with van der Waals surface area (Å²) in [5, 5.41) is 19.2. The minimum atomic E-state index is -4.78. The van der Waals surface area contributed by atoms with Gasteiger partial charge in [-0.3, -0.25) is 4.79 Å². The molecule has 2 aromatic rings. The molecule has 9 heteroatoms. The van der Waals surface area contributed by atoms with Crippen LogP contribution in [0.1, 0.15) is 71.6 Å². The van der Waals surface area contributed by atoms with Gasteiger partial charge in [0.2, 0.25) is 0 Å². The van der Waals surface area contributed by atoms with Gasteiger partial charge in [0.15, 0.2) is 5.78 Å². The number of carbonyl (C=O) groups excluding carboxylic acids is 1. The summed E-state index contributed by atoms with van der Waals surface area (Å²) in [6, 6.07) is 3.84. The third kappa shape index (κ3) is 4.55. The van der Waals surface area contributed by atoms with Gasteiger partial charge >= 0.3 is 6.36 Å². The second kappa shape index (κ2) is 8.68. The zero-order valence-corrected chi connectivity index (χ0v) is 21.5. The minimum absolute atomic E-state index is 0.0223. The molecular formula is C28H36F3N3O3. The van der Waals surface area contributed by atoms with Gasteiger partial charge < -0.3 is 9.84 Å². The molecule has 1 aromatic carbocycles. The van der Waals surface area contributed by atoms with Crippen molar-refractivity contribution >= 4 is 16.8 Å². The second-order valence-electron chi connectivity index (χ2n) is 12.7. The Labute approximate surface area is 214 Å². The van der Waals surface area contributed by atoms with Gasteiger partial charge in [-0.05, 0) is 112 Å². The van der Waals surface area contributed by atoms with E-state index in [2.05, 4.69) is 21.9 Å². The lowest BCUT2D eigenvalue weighted by Gasteiger charge is -2.56. The Morgan fingerprint density at radius 1 is 1.03 bits per heavy atom. The average Bonchev–Trinajstić information content (AvgIpc) is 3.36. The molecule has 1 N–H and O–H groups in total. The van der Waals surface area contributed by atoms with E-state index < -0.39 is 12.0 Å². The van der Waals surface area contributed by atoms with Crippen molar-refractivity contribution in [3.8, 4) is 5.75 Å². The van der Waals surface area contributed by atoms with Crippen molar-refractivity contribution in [3.05, 3.63) is 18.2 Å². The maximum Gasteiger partial charge on any atom is 0.573 e. The van der Waals surface area contributed by atoms with Crippen LogP contribution in [0.5, 0.6) is 5.75 Å². The number of fused-ring (bicyclic) bond motifs is 6. The summed E-state index contributed by atoms with van der Waals surface area (Å²) in [5.41, 5.74) is 0.168. The first-order valence-corrected chi connectivity index (χ1v) is 13.8. The van der Waals surface area contributed by atoms with Crippen LogP contribution in [-0.2, 0) is 11.3 Å². The number of ketones is 1. The minimum Gasteiger partial charge on any atom is -0.406 e. The zero-order valence-electron chi connectivity index (χ0n) is 21.5. The Morgan fingerprint density at radius 3 is 2.57 bits per heavy atom. The highest BCUT2D eigenvalue weighted by Crippen LogP contribution is 2.64. The molecule has 0 aliphatic heterocycles. The number of aliphatic hydroxyl groups is 1. The summed E-state index contributed by atoms with van der Waals surface area (Å²) >= 11 is 0. The van der Waals surface area contributed by atoms with Gasteiger partial charge in [0.25, 0.3) is 0 Å². The summed E-state index contributed by atoms with van der Waals surface area (Å²) in [4.78, 5) is 14.9. The third-order valence-electron chi connectivity index (χ3n) is 10.5. The fourth-order valence-corrected chi connectivity index (χ4v) is 9.07. The fourth-order valence-electron chi connectivity index (χ4n) is 9.07. The van der Waals surface area contributed by atoms with E-state index >= 15 is 0 Å². The highest BCUT2D eigenvalue weighted by molar-refractivity contribution is 5.82. The summed E-state index contributed by atoms with van der Waals surface area (Å²) in [7, 11) is 0. The van der Waals surface area contributed by atoms with Crippen LogP contribution in [0.4, 0.5) is 13.2 Å². The molecule has 8 atom stereocenters. The van der Waals surface area contributed by atoms with Crippen LogP contribution in [0, 0.1) is 40.9 Å². The van der Waals surface area contributed by atoms with Crippen LogP contribution in [0.15, 0.2) is 18.2 Å². The monoisotopic (exact) mass is 519 g/mol. The number of ether oxygens (including phenoxy) is 1. The molecule has 37 heavy (non-hydrogen) atoms. The van der Waals surface area contributed by atoms with Gasteiger partial charge in [-0.25, -0.2) is 0 Å². The van der Waals surface area contributed by atoms with E-state index in [1.54, 1.807) is 0 Å². The first kappa shape index (κ1) is 25.1. The molecular weight excluding hydrogens is 483 g/mol. The number of halogens is 3. The molecule has 4 aliphatic carbocycles. The molecule has 0 unspecified atom stereocenters. The highest BCUT2D eigenvalue weighted by atomic mass is 19.4. The maximum absolute atomic E-state index is 13.6. The van der Waals surface area contributed by atoms with Crippen molar-refractivity contribution in [2.45, 2.75) is 90.1 Å². The topological polar surface area (TPSA) is 77.2 Å². The Hall–Kier alpha value is -2.16. The van der Waals surface area contributed by atoms with Crippen LogP contribution in [0.25, 0.3) is 11.0 Å². The summed E-state index contributed by atoms with van der Waals surface area (Å²) in [6.07, 6.45) is 4.76. The molecule has 0 spiro atoms. The smallest absolute Gasteiger partial charge is 0.406 e. The van der Waals surface area contributed by atoms with Crippen LogP contribution >= 0.6 is 0 Å². The molecule has 1 aromatic heterocycles. The van der Waals surface area contributed by atoms with Gasteiger partial charge in [-0.2, -0.15) is 15.0 Å². The Balaban J connectivity index is 1.15. The normalized spacial score (nSPS) is 39.6. The van der Waals surface area contributed by atoms with E-state index in [1.165, 1.54) is 35.8 Å². The number of hydrogen-bond donors (Lipinski definition) is 1. The molecule has 4 fully saturated rings. The van der Waals surface area contributed by atoms with Crippen molar-refractivity contribution < 1.29 is 27.8 Å². The van der Waals surface area contributed by atoms with E-state index in [1.807, 2.05) is 6.92 Å². The van der Waals surface area contributed by atoms with Crippen LogP contribution < -0.4 is 4.74 Å². The second-order valence-corrected chi connectivity index (χ2v) is 12.7. The number of rotatable bonds is 4. The van der Waals surface area contributed by atoms with Gasteiger partial charge in [-0.15, -0.1) is 13.2 Å². The molecule has 4 saturated carbocycles. The Bertz CT molecular complexity index is 1190. The molecule has 0 amide bonds. The molecule has 202 valence electrons. The Kier molecular flexibility index (Phi) is 5.90. The van der Waals surface area contributed by atoms with Crippen molar-refractivity contribution in [2.24, 2.45) is 40.9 Å². The van der Waals surface area contributed by atoms with Crippen molar-refractivity contribution in [1.82, 2.24) is 15.0 Å². The fraction of sp³-hybridized carbons (Fsp3) is 0.750. The molecule has 1 heterocycles. The van der Waals surface area contributed by atoms with Crippen molar-refractivity contribution in [2.75, 3.05) is 0 Å². The Morgan fingerprint density at radius 2 is 1.78 bits per heavy atom. The number of aromatic nitrogens is 3. The predicted molar refractivity (Wildman–Crippen MR) is 130 cm³/mol. The van der Waals surface area contributed by atoms with Crippen molar-refractivity contribution in [3.63, 3.8) is 0 Å². The summed E-state index contributed by atoms with van der Waals surface area (Å²) < 4.78 is 41.7. The summed E-state index contributed by atoms with van der Waals surface area (Å²) in [6.45, 7) is 4.34. The number of carbonyl (C=O) groups is 1. The van der Waals surface area contributed by atoms with E-state index in [-0.39, 0.29) is 34.9 Å². The van der Waals surface area contributed by atoms with E-state index in [0.29, 0.717) is 35.1 Å². The number of hydrogen-bond acceptors (Lipinski definition) is 5. The van der Waals surface area contributed by atoms with Gasteiger partial charge in [0.05, 0.1) is 5.60 Å². The highest BCUT2D eigenvalue weighted by Gasteiger charge is 2.58. The van der Waals surface area contributed by atoms with Gasteiger partial charge in [0.1, 0.15) is 23.3 Å². The lowest BCUT2D eigenvalue weighted by atomic mass is 9.49. The quantitative estimate of drug-likeness (QED) is 0.543. The molecule has 6 nitrogen and oxygen atoms in total. The number of alkyl halides is 3. The van der Waals surface area contributed by atoms with E-state index in [0.717, 1.165) is 44.9 Å². The average molecular weight is 520 g/mol. The lowest BCUT2D eigenvalue weighted by Crippen LogP contribution is -2.51. The maximum atomic E-state index is 13.6. The summed E-state index contributed by atoms with van der Waals surface area (Å²) in [5.74, 6) is 3.01. The molecule has 0 saturated heterocycles. The standard InChI is InChI=1S/C28H36F3N3O3/c1-26(36)11-9-18-16(14-26)3-5-20-19(18)10-12-27(2)21(20)6-7-22(27)25(35)15-34-32-23-8-4-17(13-24(23)33-34)37-28(29,30)31/h4,8,13,16,18-22,36H,3,5-7,9-12,14-15H2,1-2H3/t16-,18+,19-,20-,21+,22-,26-,27+/m1/s1. The third-order valence-corrected chi connectivity index (χ3v) is 10.5. The van der Waals surface area contributed by atoms with Crippen LogP contribution in [-0.4, -0.2) is 37.8 Å². The first-order chi connectivity index (χ1) is 17.4. The number of nitrogens with zero attached hydrogens (tertiary/aromatic N) is 3. The van der Waals surface area contributed by atoms with E-state index in [4.69, 9.17) is 0 Å². The SMILES string of the molecule is C[C@@]1(O)CC[C@H]2[C@H](CC[C@@H]3[C@@H]2CC[C@]2(C)[C@@H](C(=O)Cn4nc5ccc(OC(F)(F)F)cc5n4)CC[C@@H]32)C1. The van der Waals surface area contributed by atoms with Gasteiger partial charge in [-0.1, -0.05) is 6.92 Å². The van der Waals surface area contributed by atoms with Crippen LogP contribution in [0.3, 0.4) is 0 Å². The van der Waals surface area contributed by atoms with Crippen LogP contribution in [0.2, 0.25) is 0 Å². The largest absolute Gasteiger partial charge is 0.573 e. The zero-order chi connectivity index (χ0) is 26.2.